The summed E-state index contributed by atoms with van der Waals surface area (Å²) in [6.45, 7) is 2.44. The highest BCUT2D eigenvalue weighted by molar-refractivity contribution is 7.11. The molecule has 1 amide bonds. The van der Waals surface area contributed by atoms with Gasteiger partial charge in [-0.3, -0.25) is 4.79 Å². The fourth-order valence-electron chi connectivity index (χ4n) is 1.85. The minimum atomic E-state index is -0.305. The SMILES string of the molecule is COc1c(Cl)ccc(Cl)c1C(=O)NCCc1cnc(C)s1. The van der Waals surface area contributed by atoms with E-state index in [-0.39, 0.29) is 17.2 Å². The van der Waals surface area contributed by atoms with Crippen LogP contribution in [0.5, 0.6) is 5.75 Å². The van der Waals surface area contributed by atoms with Gasteiger partial charge in [0, 0.05) is 24.0 Å². The summed E-state index contributed by atoms with van der Waals surface area (Å²) in [5.41, 5.74) is 0.257. The molecular weight excluding hydrogens is 331 g/mol. The van der Waals surface area contributed by atoms with E-state index in [4.69, 9.17) is 27.9 Å². The molecule has 0 aliphatic carbocycles. The van der Waals surface area contributed by atoms with Gasteiger partial charge in [0.05, 0.1) is 22.2 Å². The Kier molecular flexibility index (Phi) is 5.45. The number of carbonyl (C=O) groups excluding carboxylic acids is 1. The largest absolute Gasteiger partial charge is 0.494 e. The van der Waals surface area contributed by atoms with E-state index in [1.807, 2.05) is 13.1 Å². The van der Waals surface area contributed by atoms with Crippen molar-refractivity contribution >= 4 is 40.4 Å². The Hall–Kier alpha value is -1.30. The molecule has 0 atom stereocenters. The quantitative estimate of drug-likeness (QED) is 0.898. The maximum absolute atomic E-state index is 12.2. The third kappa shape index (κ3) is 3.87. The molecule has 0 aliphatic rings. The Labute approximate surface area is 137 Å². The molecule has 0 saturated carbocycles. The van der Waals surface area contributed by atoms with Gasteiger partial charge in [0.1, 0.15) is 5.56 Å². The predicted molar refractivity (Wildman–Crippen MR) is 85.9 cm³/mol. The molecule has 0 bridgehead atoms. The summed E-state index contributed by atoms with van der Waals surface area (Å²) < 4.78 is 5.16. The number of halogens is 2. The summed E-state index contributed by atoms with van der Waals surface area (Å²) in [5.74, 6) is -0.0177. The Balaban J connectivity index is 2.05. The fourth-order valence-corrected chi connectivity index (χ4v) is 3.12. The molecule has 0 aliphatic heterocycles. The number of hydrogen-bond donors (Lipinski definition) is 1. The van der Waals surface area contributed by atoms with Crippen molar-refractivity contribution in [3.05, 3.63) is 43.8 Å². The number of rotatable bonds is 5. The van der Waals surface area contributed by atoms with Gasteiger partial charge in [-0.25, -0.2) is 4.98 Å². The molecule has 2 rings (SSSR count). The number of aromatic nitrogens is 1. The van der Waals surface area contributed by atoms with Crippen LogP contribution in [0.25, 0.3) is 0 Å². The van der Waals surface area contributed by atoms with Crippen molar-refractivity contribution in [3.8, 4) is 5.75 Å². The zero-order valence-electron chi connectivity index (χ0n) is 11.6. The van der Waals surface area contributed by atoms with Crippen molar-refractivity contribution in [2.45, 2.75) is 13.3 Å². The van der Waals surface area contributed by atoms with Crippen molar-refractivity contribution in [1.29, 1.82) is 0 Å². The van der Waals surface area contributed by atoms with Crippen LogP contribution in [0, 0.1) is 6.92 Å². The van der Waals surface area contributed by atoms with E-state index in [0.717, 1.165) is 16.3 Å². The summed E-state index contributed by atoms with van der Waals surface area (Å²) in [6, 6.07) is 3.17. The number of benzene rings is 1. The number of aryl methyl sites for hydroxylation is 1. The molecule has 1 N–H and O–H groups in total. The van der Waals surface area contributed by atoms with Gasteiger partial charge in [0.2, 0.25) is 0 Å². The molecule has 0 saturated heterocycles. The molecular formula is C14H14Cl2N2O2S. The lowest BCUT2D eigenvalue weighted by molar-refractivity contribution is 0.0951. The van der Waals surface area contributed by atoms with Gasteiger partial charge in [0.25, 0.3) is 5.91 Å². The van der Waals surface area contributed by atoms with E-state index in [9.17, 15) is 4.79 Å². The Morgan fingerprint density at radius 3 is 2.71 bits per heavy atom. The van der Waals surface area contributed by atoms with Crippen LogP contribution in [-0.4, -0.2) is 24.5 Å². The molecule has 0 fully saturated rings. The van der Waals surface area contributed by atoms with Crippen LogP contribution in [0.15, 0.2) is 18.3 Å². The van der Waals surface area contributed by atoms with Crippen LogP contribution < -0.4 is 10.1 Å². The highest BCUT2D eigenvalue weighted by Gasteiger charge is 2.19. The first-order valence-corrected chi connectivity index (χ1v) is 7.81. The molecule has 1 aromatic carbocycles. The van der Waals surface area contributed by atoms with Crippen molar-refractivity contribution in [2.75, 3.05) is 13.7 Å². The predicted octanol–water partition coefficient (Wildman–Crippen LogP) is 3.74. The smallest absolute Gasteiger partial charge is 0.256 e. The highest BCUT2D eigenvalue weighted by atomic mass is 35.5. The summed E-state index contributed by atoms with van der Waals surface area (Å²) in [6.07, 6.45) is 2.54. The standard InChI is InChI=1S/C14H14Cl2N2O2S/c1-8-18-7-9(21-8)5-6-17-14(19)12-10(15)3-4-11(16)13(12)20-2/h3-4,7H,5-6H2,1-2H3,(H,17,19). The van der Waals surface area contributed by atoms with Crippen LogP contribution in [0.2, 0.25) is 10.0 Å². The lowest BCUT2D eigenvalue weighted by Crippen LogP contribution is -2.26. The molecule has 4 nitrogen and oxygen atoms in total. The van der Waals surface area contributed by atoms with Gasteiger partial charge in [-0.05, 0) is 19.1 Å². The number of nitrogens with zero attached hydrogens (tertiary/aromatic N) is 1. The van der Waals surface area contributed by atoms with Crippen molar-refractivity contribution in [1.82, 2.24) is 10.3 Å². The number of ether oxygens (including phenoxy) is 1. The lowest BCUT2D eigenvalue weighted by Gasteiger charge is -2.12. The second-order valence-corrected chi connectivity index (χ2v) is 6.42. The number of methoxy groups -OCH3 is 1. The zero-order valence-corrected chi connectivity index (χ0v) is 13.9. The molecule has 0 unspecified atom stereocenters. The first-order valence-electron chi connectivity index (χ1n) is 6.24. The van der Waals surface area contributed by atoms with E-state index in [1.54, 1.807) is 23.5 Å². The highest BCUT2D eigenvalue weighted by Crippen LogP contribution is 2.33. The van der Waals surface area contributed by atoms with Crippen LogP contribution in [0.4, 0.5) is 0 Å². The van der Waals surface area contributed by atoms with Crippen molar-refractivity contribution in [3.63, 3.8) is 0 Å². The second kappa shape index (κ2) is 7.11. The number of nitrogens with one attached hydrogen (secondary N) is 1. The average molecular weight is 345 g/mol. The van der Waals surface area contributed by atoms with Crippen LogP contribution in [0.1, 0.15) is 20.2 Å². The van der Waals surface area contributed by atoms with E-state index >= 15 is 0 Å². The van der Waals surface area contributed by atoms with Gasteiger partial charge in [-0.2, -0.15) is 0 Å². The average Bonchev–Trinajstić information content (AvgIpc) is 2.86. The molecule has 1 heterocycles. The molecule has 0 spiro atoms. The minimum absolute atomic E-state index is 0.257. The summed E-state index contributed by atoms with van der Waals surface area (Å²) in [4.78, 5) is 17.5. The van der Waals surface area contributed by atoms with E-state index < -0.39 is 0 Å². The topological polar surface area (TPSA) is 51.2 Å². The summed E-state index contributed by atoms with van der Waals surface area (Å²) >= 11 is 13.7. The molecule has 21 heavy (non-hydrogen) atoms. The van der Waals surface area contributed by atoms with Gasteiger partial charge in [-0.1, -0.05) is 23.2 Å². The van der Waals surface area contributed by atoms with Crippen molar-refractivity contribution < 1.29 is 9.53 Å². The van der Waals surface area contributed by atoms with Crippen LogP contribution >= 0.6 is 34.5 Å². The molecule has 0 radical (unpaired) electrons. The molecule has 112 valence electrons. The monoisotopic (exact) mass is 344 g/mol. The van der Waals surface area contributed by atoms with Crippen molar-refractivity contribution in [2.24, 2.45) is 0 Å². The van der Waals surface area contributed by atoms with E-state index in [2.05, 4.69) is 10.3 Å². The molecule has 7 heteroatoms. The maximum atomic E-state index is 12.2. The summed E-state index contributed by atoms with van der Waals surface area (Å²) in [5, 5.41) is 4.49. The minimum Gasteiger partial charge on any atom is -0.494 e. The first-order chi connectivity index (χ1) is 10.0. The van der Waals surface area contributed by atoms with E-state index in [1.165, 1.54) is 7.11 Å². The van der Waals surface area contributed by atoms with Gasteiger partial charge in [-0.15, -0.1) is 11.3 Å². The molecule has 1 aromatic heterocycles. The Morgan fingerprint density at radius 1 is 1.38 bits per heavy atom. The number of hydrogen-bond acceptors (Lipinski definition) is 4. The number of thiazole rings is 1. The summed E-state index contributed by atoms with van der Waals surface area (Å²) in [7, 11) is 1.45. The number of amides is 1. The fraction of sp³-hybridized carbons (Fsp3) is 0.286. The Morgan fingerprint density at radius 2 is 2.10 bits per heavy atom. The Bertz CT molecular complexity index is 658. The maximum Gasteiger partial charge on any atom is 0.256 e. The zero-order chi connectivity index (χ0) is 15.4. The first kappa shape index (κ1) is 16.1. The second-order valence-electron chi connectivity index (χ2n) is 4.29. The van der Waals surface area contributed by atoms with Gasteiger partial charge in [0.15, 0.2) is 5.75 Å². The number of carbonyl (C=O) groups is 1. The van der Waals surface area contributed by atoms with Crippen LogP contribution in [0.3, 0.4) is 0 Å². The van der Waals surface area contributed by atoms with Crippen LogP contribution in [-0.2, 0) is 6.42 Å². The lowest BCUT2D eigenvalue weighted by atomic mass is 10.2. The molecule has 2 aromatic rings. The van der Waals surface area contributed by atoms with Gasteiger partial charge < -0.3 is 10.1 Å². The van der Waals surface area contributed by atoms with Gasteiger partial charge >= 0.3 is 0 Å². The normalized spacial score (nSPS) is 10.5. The van der Waals surface area contributed by atoms with E-state index in [0.29, 0.717) is 16.6 Å². The third-order valence-electron chi connectivity index (χ3n) is 2.82. The third-order valence-corrected chi connectivity index (χ3v) is 4.40.